The predicted molar refractivity (Wildman–Crippen MR) is 52.2 cm³/mol. The predicted octanol–water partition coefficient (Wildman–Crippen LogP) is 1.77. The Balaban J connectivity index is 2.55. The number of para-hydroxylation sites is 1. The van der Waals surface area contributed by atoms with Crippen LogP contribution in [0.5, 0.6) is 5.88 Å². The maximum atomic E-state index is 9.48. The van der Waals surface area contributed by atoms with Crippen LogP contribution < -0.4 is 0 Å². The topological polar surface area (TPSA) is 61.8 Å². The molecule has 1 aromatic rings. The second-order valence-corrected chi connectivity index (χ2v) is 3.08. The molecule has 1 aromatic carbocycles. The van der Waals surface area contributed by atoms with Gasteiger partial charge >= 0.3 is 0 Å². The molecule has 2 N–H and O–H groups in total. The molecule has 0 saturated carbocycles. The highest BCUT2D eigenvalue weighted by molar-refractivity contribution is 5.96. The van der Waals surface area contributed by atoms with E-state index >= 15 is 0 Å². The minimum atomic E-state index is -0.0325. The first-order valence-electron chi connectivity index (χ1n) is 4.27. The summed E-state index contributed by atoms with van der Waals surface area (Å²) in [7, 11) is 0. The zero-order valence-electron chi connectivity index (χ0n) is 7.23. The SMILES string of the molecule is Oc1nc[nH]c2c3ccccc3nc1-2. The molecule has 0 saturated heterocycles. The fourth-order valence-corrected chi connectivity index (χ4v) is 1.61. The van der Waals surface area contributed by atoms with Crippen LogP contribution in [-0.4, -0.2) is 20.1 Å². The molecule has 68 valence electrons. The summed E-state index contributed by atoms with van der Waals surface area (Å²) in [6.45, 7) is 0. The van der Waals surface area contributed by atoms with E-state index in [0.29, 0.717) is 5.69 Å². The third kappa shape index (κ3) is 0.821. The summed E-state index contributed by atoms with van der Waals surface area (Å²) < 4.78 is 0. The summed E-state index contributed by atoms with van der Waals surface area (Å²) in [6.07, 6.45) is 1.46. The van der Waals surface area contributed by atoms with Crippen LogP contribution in [0.3, 0.4) is 0 Å². The number of benzene rings is 1. The lowest BCUT2D eigenvalue weighted by Gasteiger charge is -1.98. The first kappa shape index (κ1) is 7.32. The number of H-pyrrole nitrogens is 1. The van der Waals surface area contributed by atoms with Crippen molar-refractivity contribution in [3.05, 3.63) is 30.6 Å². The Labute approximate surface area is 79.6 Å². The van der Waals surface area contributed by atoms with E-state index in [4.69, 9.17) is 0 Å². The van der Waals surface area contributed by atoms with E-state index in [1.807, 2.05) is 24.3 Å². The normalized spacial score (nSPS) is 11.1. The van der Waals surface area contributed by atoms with Crippen LogP contribution in [-0.2, 0) is 0 Å². The van der Waals surface area contributed by atoms with Crippen molar-refractivity contribution in [2.45, 2.75) is 0 Å². The summed E-state index contributed by atoms with van der Waals surface area (Å²) in [6, 6.07) is 7.72. The Kier molecular flexibility index (Phi) is 1.28. The lowest BCUT2D eigenvalue weighted by Crippen LogP contribution is -1.85. The van der Waals surface area contributed by atoms with Gasteiger partial charge in [0.25, 0.3) is 0 Å². The minimum absolute atomic E-state index is 0.0325. The molecular weight excluding hydrogens is 178 g/mol. The molecule has 4 nitrogen and oxygen atoms in total. The molecule has 0 aliphatic carbocycles. The molecule has 2 aliphatic rings. The summed E-state index contributed by atoms with van der Waals surface area (Å²) in [5, 5.41) is 10.5. The van der Waals surface area contributed by atoms with Gasteiger partial charge in [-0.25, -0.2) is 9.97 Å². The van der Waals surface area contributed by atoms with Crippen LogP contribution in [0.15, 0.2) is 30.6 Å². The Bertz CT molecular complexity index is 573. The van der Waals surface area contributed by atoms with Crippen LogP contribution in [0, 0.1) is 0 Å². The van der Waals surface area contributed by atoms with Gasteiger partial charge in [-0.05, 0) is 6.07 Å². The van der Waals surface area contributed by atoms with E-state index in [1.54, 1.807) is 0 Å². The Hall–Kier alpha value is -2.10. The second-order valence-electron chi connectivity index (χ2n) is 3.08. The van der Waals surface area contributed by atoms with Gasteiger partial charge in [0.05, 0.1) is 17.5 Å². The number of rotatable bonds is 0. The third-order valence-corrected chi connectivity index (χ3v) is 2.25. The fraction of sp³-hybridized carbons (Fsp3) is 0. The van der Waals surface area contributed by atoms with Crippen LogP contribution in [0.4, 0.5) is 0 Å². The summed E-state index contributed by atoms with van der Waals surface area (Å²) in [5.41, 5.74) is 2.21. The second kappa shape index (κ2) is 2.45. The fourth-order valence-electron chi connectivity index (χ4n) is 1.61. The van der Waals surface area contributed by atoms with Gasteiger partial charge in [0.15, 0.2) is 0 Å². The van der Waals surface area contributed by atoms with Crippen LogP contribution in [0.2, 0.25) is 0 Å². The number of nitrogens with zero attached hydrogens (tertiary/aromatic N) is 2. The first-order valence-corrected chi connectivity index (χ1v) is 4.27. The highest BCUT2D eigenvalue weighted by atomic mass is 16.3. The highest BCUT2D eigenvalue weighted by Gasteiger charge is 2.15. The number of hydrogen-bond acceptors (Lipinski definition) is 3. The average Bonchev–Trinajstić information content (AvgIpc) is 2.59. The Morgan fingerprint density at radius 3 is 3.00 bits per heavy atom. The van der Waals surface area contributed by atoms with Gasteiger partial charge in [-0.2, -0.15) is 0 Å². The summed E-state index contributed by atoms with van der Waals surface area (Å²) >= 11 is 0. The zero-order valence-corrected chi connectivity index (χ0v) is 7.23. The molecule has 0 radical (unpaired) electrons. The van der Waals surface area contributed by atoms with E-state index in [1.165, 1.54) is 6.33 Å². The number of aromatic amines is 1. The maximum absolute atomic E-state index is 9.48. The number of hydrogen-bond donors (Lipinski definition) is 2. The van der Waals surface area contributed by atoms with Crippen molar-refractivity contribution < 1.29 is 5.11 Å². The first-order chi connectivity index (χ1) is 6.86. The molecule has 2 aliphatic heterocycles. The molecule has 2 heterocycles. The Morgan fingerprint density at radius 1 is 1.21 bits per heavy atom. The van der Waals surface area contributed by atoms with Crippen LogP contribution >= 0.6 is 0 Å². The molecule has 0 aromatic heterocycles. The van der Waals surface area contributed by atoms with Crippen molar-refractivity contribution in [3.8, 4) is 17.3 Å². The van der Waals surface area contributed by atoms with Crippen LogP contribution in [0.1, 0.15) is 0 Å². The minimum Gasteiger partial charge on any atom is -0.492 e. The third-order valence-electron chi connectivity index (χ3n) is 2.25. The van der Waals surface area contributed by atoms with Gasteiger partial charge in [0.1, 0.15) is 5.69 Å². The zero-order chi connectivity index (χ0) is 9.54. The summed E-state index contributed by atoms with van der Waals surface area (Å²) in [5.74, 6) is -0.0325. The molecular formula is C10H7N3O. The molecule has 0 atom stereocenters. The summed E-state index contributed by atoms with van der Waals surface area (Å²) in [4.78, 5) is 11.0. The largest absolute Gasteiger partial charge is 0.492 e. The van der Waals surface area contributed by atoms with Gasteiger partial charge in [0.2, 0.25) is 5.88 Å². The molecule has 0 spiro atoms. The van der Waals surface area contributed by atoms with E-state index in [-0.39, 0.29) is 5.88 Å². The molecule has 3 rings (SSSR count). The van der Waals surface area contributed by atoms with Crippen molar-refractivity contribution in [2.75, 3.05) is 0 Å². The quantitative estimate of drug-likeness (QED) is 0.561. The smallest absolute Gasteiger partial charge is 0.241 e. The monoisotopic (exact) mass is 185 g/mol. The van der Waals surface area contributed by atoms with Gasteiger partial charge in [0, 0.05) is 5.39 Å². The Morgan fingerprint density at radius 2 is 2.07 bits per heavy atom. The van der Waals surface area contributed by atoms with Crippen molar-refractivity contribution in [3.63, 3.8) is 0 Å². The van der Waals surface area contributed by atoms with Crippen molar-refractivity contribution in [1.82, 2.24) is 15.0 Å². The molecule has 0 amide bonds. The van der Waals surface area contributed by atoms with E-state index < -0.39 is 0 Å². The molecule has 0 bridgehead atoms. The lowest BCUT2D eigenvalue weighted by molar-refractivity contribution is 0.452. The maximum Gasteiger partial charge on any atom is 0.241 e. The van der Waals surface area contributed by atoms with Gasteiger partial charge in [-0.1, -0.05) is 18.2 Å². The molecule has 14 heavy (non-hydrogen) atoms. The van der Waals surface area contributed by atoms with Gasteiger partial charge < -0.3 is 10.1 Å². The number of nitrogens with one attached hydrogen (secondary N) is 1. The number of aromatic nitrogens is 3. The van der Waals surface area contributed by atoms with Crippen molar-refractivity contribution >= 4 is 10.9 Å². The van der Waals surface area contributed by atoms with E-state index in [0.717, 1.165) is 16.6 Å². The number of fused-ring (bicyclic) bond motifs is 3. The van der Waals surface area contributed by atoms with Crippen LogP contribution in [0.25, 0.3) is 22.3 Å². The molecule has 0 fully saturated rings. The lowest BCUT2D eigenvalue weighted by atomic mass is 10.2. The molecule has 4 heteroatoms. The standard InChI is InChI=1S/C10H7N3O/c14-10-9-8(11-5-12-10)6-3-1-2-4-7(6)13-9/h1-5,14H,(H,11,12). The van der Waals surface area contributed by atoms with E-state index in [9.17, 15) is 5.11 Å². The number of aromatic hydroxyl groups is 1. The van der Waals surface area contributed by atoms with Crippen molar-refractivity contribution in [2.24, 2.45) is 0 Å². The van der Waals surface area contributed by atoms with Gasteiger partial charge in [-0.3, -0.25) is 0 Å². The van der Waals surface area contributed by atoms with E-state index in [2.05, 4.69) is 15.0 Å². The van der Waals surface area contributed by atoms with Gasteiger partial charge in [-0.15, -0.1) is 0 Å². The average molecular weight is 185 g/mol. The van der Waals surface area contributed by atoms with Crippen molar-refractivity contribution in [1.29, 1.82) is 0 Å². The highest BCUT2D eigenvalue weighted by Crippen LogP contribution is 2.32. The molecule has 0 unspecified atom stereocenters.